The Morgan fingerprint density at radius 3 is 1.79 bits per heavy atom. The Morgan fingerprint density at radius 1 is 0.731 bits per heavy atom. The lowest BCUT2D eigenvalue weighted by Gasteiger charge is -2.16. The summed E-state index contributed by atoms with van der Waals surface area (Å²) in [7, 11) is -1.16. The van der Waals surface area contributed by atoms with Gasteiger partial charge in [0, 0.05) is 37.9 Å². The topological polar surface area (TPSA) is 134 Å². The second-order valence-corrected chi connectivity index (χ2v) is 21.5. The molecule has 0 aliphatic heterocycles. The van der Waals surface area contributed by atoms with Crippen molar-refractivity contribution in [3.8, 4) is 23.3 Å². The van der Waals surface area contributed by atoms with Crippen LogP contribution in [0.25, 0.3) is 22.3 Å². The van der Waals surface area contributed by atoms with E-state index in [9.17, 15) is 9.59 Å². The van der Waals surface area contributed by atoms with Crippen molar-refractivity contribution in [1.29, 1.82) is 0 Å². The maximum absolute atomic E-state index is 13.1. The summed E-state index contributed by atoms with van der Waals surface area (Å²) in [5.74, 6) is 2.10. The van der Waals surface area contributed by atoms with E-state index in [1.54, 1.807) is 18.6 Å². The number of rotatable bonds is 11. The molecule has 2 aromatic carbocycles. The number of hydrogen-bond donors (Lipinski definition) is 1. The number of ether oxygens (including phenoxy) is 3. The fourth-order valence-electron chi connectivity index (χ4n) is 5.01. The van der Waals surface area contributed by atoms with Crippen LogP contribution < -0.4 is 9.47 Å². The SMILES string of the molecule is CC(C)(C)C(=O)c1c[nH]c2ncc(Oc3ccccc3)nc12.CC(C)(C)C(=O)c1cn(COCC[Si](C)(C)C)c2ncc(Oc3ccccc3)nc12. The van der Waals surface area contributed by atoms with Crippen LogP contribution in [0.15, 0.2) is 85.5 Å². The molecule has 6 aromatic rings. The molecule has 0 saturated heterocycles. The molecule has 0 fully saturated rings. The molecule has 4 heterocycles. The summed E-state index contributed by atoms with van der Waals surface area (Å²) >= 11 is 0. The lowest BCUT2D eigenvalue weighted by atomic mass is 9.87. The average molecular weight is 721 g/mol. The minimum Gasteiger partial charge on any atom is -0.437 e. The van der Waals surface area contributed by atoms with E-state index >= 15 is 0 Å². The maximum atomic E-state index is 13.1. The Labute approximate surface area is 305 Å². The normalized spacial score (nSPS) is 12.0. The summed E-state index contributed by atoms with van der Waals surface area (Å²) in [6.45, 7) is 19.3. The van der Waals surface area contributed by atoms with Gasteiger partial charge in [-0.05, 0) is 30.3 Å². The molecule has 0 radical (unpaired) electrons. The van der Waals surface area contributed by atoms with Crippen LogP contribution in [0.4, 0.5) is 0 Å². The number of carbonyl (C=O) groups is 2. The van der Waals surface area contributed by atoms with Gasteiger partial charge in [0.05, 0.1) is 23.5 Å². The molecule has 0 aliphatic carbocycles. The van der Waals surface area contributed by atoms with Gasteiger partial charge < -0.3 is 23.8 Å². The minimum absolute atomic E-state index is 0.0134. The first-order valence-corrected chi connectivity index (χ1v) is 21.0. The second-order valence-electron chi connectivity index (χ2n) is 15.8. The molecule has 11 nitrogen and oxygen atoms in total. The lowest BCUT2D eigenvalue weighted by Crippen LogP contribution is -2.22. The summed E-state index contributed by atoms with van der Waals surface area (Å²) in [4.78, 5) is 46.4. The van der Waals surface area contributed by atoms with Gasteiger partial charge >= 0.3 is 0 Å². The van der Waals surface area contributed by atoms with E-state index < -0.39 is 18.9 Å². The van der Waals surface area contributed by atoms with Crippen LogP contribution >= 0.6 is 0 Å². The van der Waals surface area contributed by atoms with Gasteiger partial charge in [0.1, 0.15) is 29.3 Å². The number of nitrogens with one attached hydrogen (secondary N) is 1. The number of nitrogens with zero attached hydrogens (tertiary/aromatic N) is 5. The van der Waals surface area contributed by atoms with Crippen LogP contribution in [-0.4, -0.2) is 55.7 Å². The van der Waals surface area contributed by atoms with E-state index in [1.165, 1.54) is 6.20 Å². The van der Waals surface area contributed by atoms with Crippen molar-refractivity contribution in [2.75, 3.05) is 6.61 Å². The molecule has 0 saturated carbocycles. The van der Waals surface area contributed by atoms with Crippen molar-refractivity contribution in [3.05, 3.63) is 96.6 Å². The number of benzene rings is 2. The van der Waals surface area contributed by atoms with E-state index in [2.05, 4.69) is 44.6 Å². The third-order valence-corrected chi connectivity index (χ3v) is 9.62. The highest BCUT2D eigenvalue weighted by molar-refractivity contribution is 6.76. The first kappa shape index (κ1) is 38.0. The van der Waals surface area contributed by atoms with E-state index in [1.807, 2.05) is 107 Å². The molecule has 1 N–H and O–H groups in total. The van der Waals surface area contributed by atoms with Gasteiger partial charge in [-0.1, -0.05) is 97.6 Å². The Morgan fingerprint density at radius 2 is 1.25 bits per heavy atom. The number of ketones is 2. The summed E-state index contributed by atoms with van der Waals surface area (Å²) in [5.41, 5.74) is 2.34. The fraction of sp³-hybridized carbons (Fsp3) is 0.350. The molecule has 4 aromatic heterocycles. The van der Waals surface area contributed by atoms with E-state index in [-0.39, 0.29) is 11.6 Å². The van der Waals surface area contributed by atoms with Crippen molar-refractivity contribution >= 4 is 42.0 Å². The van der Waals surface area contributed by atoms with Gasteiger partial charge in [0.15, 0.2) is 22.9 Å². The summed E-state index contributed by atoms with van der Waals surface area (Å²) in [5, 5.41) is 0. The van der Waals surface area contributed by atoms with Crippen molar-refractivity contribution in [3.63, 3.8) is 0 Å². The monoisotopic (exact) mass is 720 g/mol. The summed E-state index contributed by atoms with van der Waals surface area (Å²) < 4.78 is 19.3. The summed E-state index contributed by atoms with van der Waals surface area (Å²) in [6, 6.07) is 19.8. The zero-order valence-corrected chi connectivity index (χ0v) is 32.5. The molecule has 0 aliphatic rings. The van der Waals surface area contributed by atoms with Crippen LogP contribution in [0.3, 0.4) is 0 Å². The number of hydrogen-bond acceptors (Lipinski definition) is 9. The minimum atomic E-state index is -1.16. The van der Waals surface area contributed by atoms with Gasteiger partial charge in [0.25, 0.3) is 0 Å². The highest BCUT2D eigenvalue weighted by Crippen LogP contribution is 2.30. The number of para-hydroxylation sites is 2. The van der Waals surface area contributed by atoms with Crippen LogP contribution in [0.5, 0.6) is 23.3 Å². The highest BCUT2D eigenvalue weighted by Gasteiger charge is 2.29. The Balaban J connectivity index is 0.000000210. The predicted octanol–water partition coefficient (Wildman–Crippen LogP) is 9.74. The maximum Gasteiger partial charge on any atom is 0.238 e. The largest absolute Gasteiger partial charge is 0.437 e. The molecular weight excluding hydrogens is 673 g/mol. The number of carbonyl (C=O) groups excluding carboxylic acids is 2. The van der Waals surface area contributed by atoms with Crippen LogP contribution in [0.2, 0.25) is 25.7 Å². The van der Waals surface area contributed by atoms with Crippen molar-refractivity contribution in [2.45, 2.75) is 74.0 Å². The molecule has 0 spiro atoms. The molecule has 0 unspecified atom stereocenters. The van der Waals surface area contributed by atoms with E-state index in [4.69, 9.17) is 14.2 Å². The van der Waals surface area contributed by atoms with E-state index in [0.29, 0.717) is 70.1 Å². The number of aromatic amines is 1. The van der Waals surface area contributed by atoms with Gasteiger partial charge in [-0.2, -0.15) is 0 Å². The molecule has 272 valence electrons. The third kappa shape index (κ3) is 9.77. The number of H-pyrrole nitrogens is 1. The standard InChI is InChI=1S/C23H31N3O3Si.C17H17N3O2/c1-23(2,3)21(27)18-15-26(16-28-12-13-30(4,5)6)22-20(18)25-19(14-24-22)29-17-10-8-7-9-11-17;1-17(2,3)15(21)12-9-18-16-14(12)20-13(10-19-16)22-11-7-5-4-6-8-11/h7-11,14-15H,12-13,16H2,1-6H3;4-10H,1-3H3,(H,18,19). The fourth-order valence-corrected chi connectivity index (χ4v) is 5.77. The van der Waals surface area contributed by atoms with Crippen LogP contribution in [0.1, 0.15) is 62.3 Å². The molecular formula is C40H48N6O5Si. The van der Waals surface area contributed by atoms with Crippen molar-refractivity contribution in [1.82, 2.24) is 29.5 Å². The molecule has 6 rings (SSSR count). The zero-order valence-electron chi connectivity index (χ0n) is 31.5. The Kier molecular flexibility index (Phi) is 11.4. The molecule has 52 heavy (non-hydrogen) atoms. The number of aromatic nitrogens is 6. The molecule has 12 heteroatoms. The Hall–Kier alpha value is -5.20. The van der Waals surface area contributed by atoms with Gasteiger partial charge in [-0.15, -0.1) is 0 Å². The quantitative estimate of drug-likeness (QED) is 0.0788. The van der Waals surface area contributed by atoms with Crippen molar-refractivity contribution in [2.24, 2.45) is 10.8 Å². The smallest absolute Gasteiger partial charge is 0.238 e. The summed E-state index contributed by atoms with van der Waals surface area (Å²) in [6.07, 6.45) is 6.58. The third-order valence-electron chi connectivity index (χ3n) is 7.91. The Bertz CT molecular complexity index is 2140. The molecule has 0 atom stereocenters. The molecule has 0 bridgehead atoms. The van der Waals surface area contributed by atoms with Gasteiger partial charge in [-0.25, -0.2) is 19.9 Å². The molecule has 0 amide bonds. The van der Waals surface area contributed by atoms with Gasteiger partial charge in [-0.3, -0.25) is 9.59 Å². The van der Waals surface area contributed by atoms with E-state index in [0.717, 1.165) is 6.04 Å². The van der Waals surface area contributed by atoms with Gasteiger partial charge in [0.2, 0.25) is 11.8 Å². The van der Waals surface area contributed by atoms with Crippen molar-refractivity contribution < 1.29 is 23.8 Å². The first-order valence-electron chi connectivity index (χ1n) is 17.3. The van der Waals surface area contributed by atoms with Crippen LogP contribution in [0, 0.1) is 10.8 Å². The zero-order chi connectivity index (χ0) is 37.7. The lowest BCUT2D eigenvalue weighted by molar-refractivity contribution is 0.0846. The average Bonchev–Trinajstić information content (AvgIpc) is 3.67. The number of Topliss-reactive ketones (excluding diaryl/α,β-unsaturated/α-hetero) is 2. The second kappa shape index (κ2) is 15.6. The highest BCUT2D eigenvalue weighted by atomic mass is 28.3. The first-order chi connectivity index (χ1) is 24.5. The van der Waals surface area contributed by atoms with Crippen LogP contribution in [-0.2, 0) is 11.5 Å². The number of fused-ring (bicyclic) bond motifs is 2. The predicted molar refractivity (Wildman–Crippen MR) is 206 cm³/mol.